The fourth-order valence-corrected chi connectivity index (χ4v) is 2.17. The Morgan fingerprint density at radius 3 is 2.78 bits per heavy atom. The highest BCUT2D eigenvalue weighted by Gasteiger charge is 2.15. The van der Waals surface area contributed by atoms with Crippen molar-refractivity contribution in [2.24, 2.45) is 5.92 Å². The van der Waals surface area contributed by atoms with Crippen LogP contribution in [0.2, 0.25) is 0 Å². The Labute approximate surface area is 109 Å². The van der Waals surface area contributed by atoms with E-state index in [1.807, 2.05) is 12.1 Å². The summed E-state index contributed by atoms with van der Waals surface area (Å²) in [6.45, 7) is 4.86. The molecule has 1 heterocycles. The zero-order valence-electron chi connectivity index (χ0n) is 11.3. The molecule has 0 aromatic carbocycles. The van der Waals surface area contributed by atoms with E-state index in [0.717, 1.165) is 5.82 Å². The Morgan fingerprint density at radius 1 is 1.39 bits per heavy atom. The molecule has 0 atom stereocenters. The molecule has 100 valence electrons. The van der Waals surface area contributed by atoms with E-state index in [4.69, 9.17) is 10.5 Å². The second-order valence-corrected chi connectivity index (χ2v) is 5.42. The topological polar surface area (TPSA) is 60.2 Å². The van der Waals surface area contributed by atoms with Crippen LogP contribution >= 0.6 is 0 Å². The molecule has 0 unspecified atom stereocenters. The molecule has 1 aromatic heterocycles. The number of hydrogen-bond acceptors (Lipinski definition) is 4. The molecular weight excluding hydrogens is 226 g/mol. The molecule has 0 bridgehead atoms. The number of ether oxygens (including phenoxy) is 1. The Bertz CT molecular complexity index is 387. The first-order valence-electron chi connectivity index (χ1n) is 6.81. The van der Waals surface area contributed by atoms with Crippen LogP contribution in [0.4, 0.5) is 11.5 Å². The summed E-state index contributed by atoms with van der Waals surface area (Å²) < 4.78 is 5.63. The zero-order chi connectivity index (χ0) is 13.0. The fourth-order valence-electron chi connectivity index (χ4n) is 2.17. The SMILES string of the molecule is CC(C)COc1nc(NC2CCCC2)ccc1N. The summed E-state index contributed by atoms with van der Waals surface area (Å²) in [5, 5.41) is 3.45. The Morgan fingerprint density at radius 2 is 2.11 bits per heavy atom. The Kier molecular flexibility index (Phi) is 4.28. The average molecular weight is 249 g/mol. The van der Waals surface area contributed by atoms with Gasteiger partial charge >= 0.3 is 0 Å². The summed E-state index contributed by atoms with van der Waals surface area (Å²) in [6, 6.07) is 4.34. The average Bonchev–Trinajstić information content (AvgIpc) is 2.82. The van der Waals surface area contributed by atoms with Crippen molar-refractivity contribution in [1.29, 1.82) is 0 Å². The molecule has 0 saturated heterocycles. The molecular formula is C14H23N3O. The third-order valence-corrected chi connectivity index (χ3v) is 3.15. The minimum absolute atomic E-state index is 0.470. The van der Waals surface area contributed by atoms with Gasteiger partial charge in [-0.3, -0.25) is 0 Å². The molecule has 0 amide bonds. The summed E-state index contributed by atoms with van der Waals surface area (Å²) in [5.74, 6) is 1.89. The molecule has 1 aromatic rings. The lowest BCUT2D eigenvalue weighted by atomic mass is 10.2. The van der Waals surface area contributed by atoms with Gasteiger partial charge in [-0.15, -0.1) is 0 Å². The van der Waals surface area contributed by atoms with E-state index in [9.17, 15) is 0 Å². The van der Waals surface area contributed by atoms with Crippen molar-refractivity contribution in [3.05, 3.63) is 12.1 Å². The van der Waals surface area contributed by atoms with Crippen molar-refractivity contribution < 1.29 is 4.74 Å². The van der Waals surface area contributed by atoms with Gasteiger partial charge < -0.3 is 15.8 Å². The lowest BCUT2D eigenvalue weighted by molar-refractivity contribution is 0.263. The minimum atomic E-state index is 0.470. The zero-order valence-corrected chi connectivity index (χ0v) is 11.3. The van der Waals surface area contributed by atoms with E-state index in [2.05, 4.69) is 24.1 Å². The highest BCUT2D eigenvalue weighted by Crippen LogP contribution is 2.25. The number of rotatable bonds is 5. The van der Waals surface area contributed by atoms with E-state index in [1.54, 1.807) is 0 Å². The van der Waals surface area contributed by atoms with Gasteiger partial charge in [0, 0.05) is 6.04 Å². The molecule has 1 saturated carbocycles. The van der Waals surface area contributed by atoms with Crippen LogP contribution in [0.25, 0.3) is 0 Å². The van der Waals surface area contributed by atoms with Gasteiger partial charge in [0.15, 0.2) is 0 Å². The molecule has 3 N–H and O–H groups in total. The summed E-state index contributed by atoms with van der Waals surface area (Å²) in [4.78, 5) is 4.45. The maximum atomic E-state index is 5.87. The van der Waals surface area contributed by atoms with E-state index in [1.165, 1.54) is 25.7 Å². The van der Waals surface area contributed by atoms with Crippen LogP contribution in [0.5, 0.6) is 5.88 Å². The Hall–Kier alpha value is -1.45. The molecule has 1 aliphatic carbocycles. The van der Waals surface area contributed by atoms with Crippen LogP contribution in [-0.2, 0) is 0 Å². The van der Waals surface area contributed by atoms with Crippen LogP contribution < -0.4 is 15.8 Å². The van der Waals surface area contributed by atoms with Gasteiger partial charge in [0.05, 0.1) is 12.3 Å². The molecule has 2 rings (SSSR count). The quantitative estimate of drug-likeness (QED) is 0.842. The molecule has 1 aliphatic rings. The second-order valence-electron chi connectivity index (χ2n) is 5.42. The third-order valence-electron chi connectivity index (χ3n) is 3.15. The first kappa shape index (κ1) is 13.0. The first-order chi connectivity index (χ1) is 8.65. The molecule has 0 aliphatic heterocycles. The standard InChI is InChI=1S/C14H23N3O/c1-10(2)9-18-14-12(15)7-8-13(17-14)16-11-5-3-4-6-11/h7-8,10-11H,3-6,9,15H2,1-2H3,(H,16,17). The number of nitrogens with one attached hydrogen (secondary N) is 1. The smallest absolute Gasteiger partial charge is 0.239 e. The van der Waals surface area contributed by atoms with Crippen molar-refractivity contribution in [3.63, 3.8) is 0 Å². The number of nitrogens with two attached hydrogens (primary N) is 1. The third kappa shape index (κ3) is 3.52. The van der Waals surface area contributed by atoms with Crippen molar-refractivity contribution in [1.82, 2.24) is 4.98 Å². The van der Waals surface area contributed by atoms with Gasteiger partial charge in [0.25, 0.3) is 0 Å². The number of anilines is 2. The van der Waals surface area contributed by atoms with Crippen molar-refractivity contribution >= 4 is 11.5 Å². The van der Waals surface area contributed by atoms with E-state index < -0.39 is 0 Å². The molecule has 1 fully saturated rings. The maximum Gasteiger partial charge on any atom is 0.239 e. The lowest BCUT2D eigenvalue weighted by Crippen LogP contribution is -2.16. The summed E-state index contributed by atoms with van der Waals surface area (Å²) in [7, 11) is 0. The van der Waals surface area contributed by atoms with Crippen LogP contribution in [0.1, 0.15) is 39.5 Å². The van der Waals surface area contributed by atoms with Crippen molar-refractivity contribution in [2.75, 3.05) is 17.7 Å². The van der Waals surface area contributed by atoms with Crippen LogP contribution in [0, 0.1) is 5.92 Å². The molecule has 4 heteroatoms. The van der Waals surface area contributed by atoms with Crippen LogP contribution in [0.15, 0.2) is 12.1 Å². The first-order valence-corrected chi connectivity index (χ1v) is 6.81. The molecule has 4 nitrogen and oxygen atoms in total. The van der Waals surface area contributed by atoms with E-state index in [-0.39, 0.29) is 0 Å². The summed E-state index contributed by atoms with van der Waals surface area (Å²) in [5.41, 5.74) is 6.47. The predicted molar refractivity (Wildman–Crippen MR) is 74.9 cm³/mol. The second kappa shape index (κ2) is 5.94. The van der Waals surface area contributed by atoms with Crippen LogP contribution in [0.3, 0.4) is 0 Å². The summed E-state index contributed by atoms with van der Waals surface area (Å²) in [6.07, 6.45) is 5.08. The molecule has 18 heavy (non-hydrogen) atoms. The number of hydrogen-bond donors (Lipinski definition) is 2. The van der Waals surface area contributed by atoms with Gasteiger partial charge in [-0.2, -0.15) is 4.98 Å². The monoisotopic (exact) mass is 249 g/mol. The number of nitrogen functional groups attached to an aromatic ring is 1. The highest BCUT2D eigenvalue weighted by atomic mass is 16.5. The highest BCUT2D eigenvalue weighted by molar-refractivity contribution is 5.53. The predicted octanol–water partition coefficient (Wildman–Crippen LogP) is 3.05. The van der Waals surface area contributed by atoms with Gasteiger partial charge in [-0.25, -0.2) is 0 Å². The lowest BCUT2D eigenvalue weighted by Gasteiger charge is -2.15. The summed E-state index contributed by atoms with van der Waals surface area (Å²) >= 11 is 0. The van der Waals surface area contributed by atoms with Gasteiger partial charge in [-0.05, 0) is 30.9 Å². The van der Waals surface area contributed by atoms with Gasteiger partial charge in [0.2, 0.25) is 5.88 Å². The normalized spacial score (nSPS) is 16.2. The van der Waals surface area contributed by atoms with Gasteiger partial charge in [-0.1, -0.05) is 26.7 Å². The van der Waals surface area contributed by atoms with Crippen molar-refractivity contribution in [3.8, 4) is 5.88 Å². The maximum absolute atomic E-state index is 5.87. The number of pyridine rings is 1. The fraction of sp³-hybridized carbons (Fsp3) is 0.643. The number of aromatic nitrogens is 1. The molecule has 0 spiro atoms. The van der Waals surface area contributed by atoms with Crippen LogP contribution in [-0.4, -0.2) is 17.6 Å². The Balaban J connectivity index is 2.00. The minimum Gasteiger partial charge on any atom is -0.476 e. The van der Waals surface area contributed by atoms with Gasteiger partial charge in [0.1, 0.15) is 5.82 Å². The number of nitrogens with zero attached hydrogens (tertiary/aromatic N) is 1. The largest absolute Gasteiger partial charge is 0.476 e. The van der Waals surface area contributed by atoms with Crippen molar-refractivity contribution in [2.45, 2.75) is 45.6 Å². The van der Waals surface area contributed by atoms with E-state index >= 15 is 0 Å². The van der Waals surface area contributed by atoms with E-state index in [0.29, 0.717) is 30.1 Å². The molecule has 0 radical (unpaired) electrons.